The lowest BCUT2D eigenvalue weighted by Gasteiger charge is -2.34. The van der Waals surface area contributed by atoms with E-state index >= 15 is 0 Å². The van der Waals surface area contributed by atoms with E-state index < -0.39 is 0 Å². The highest BCUT2D eigenvalue weighted by molar-refractivity contribution is 5.53. The Morgan fingerprint density at radius 2 is 1.78 bits per heavy atom. The van der Waals surface area contributed by atoms with Crippen LogP contribution in [0.2, 0.25) is 0 Å². The molecule has 0 atom stereocenters. The lowest BCUT2D eigenvalue weighted by Crippen LogP contribution is -2.38. The van der Waals surface area contributed by atoms with Crippen molar-refractivity contribution >= 4 is 0 Å². The summed E-state index contributed by atoms with van der Waals surface area (Å²) >= 11 is 0. The summed E-state index contributed by atoms with van der Waals surface area (Å²) in [5.74, 6) is 0.663. The molecule has 0 radical (unpaired) electrons. The van der Waals surface area contributed by atoms with Crippen molar-refractivity contribution in [2.45, 2.75) is 37.6 Å². The zero-order valence-electron chi connectivity index (χ0n) is 10.4. The standard InChI is InChI=1S/C15H18N2O/c16-15(8-2-1-3-9-15)13-6-4-12(5-7-13)14-17-10-11-18-14/h4-7,10-11H,1-3,8-9,16H2. The maximum Gasteiger partial charge on any atom is 0.225 e. The summed E-state index contributed by atoms with van der Waals surface area (Å²) in [6.07, 6.45) is 9.21. The fraction of sp³-hybridized carbons (Fsp3) is 0.400. The highest BCUT2D eigenvalue weighted by atomic mass is 16.3. The minimum absolute atomic E-state index is 0.132. The molecule has 0 amide bonds. The minimum atomic E-state index is -0.132. The zero-order valence-corrected chi connectivity index (χ0v) is 10.4. The molecule has 18 heavy (non-hydrogen) atoms. The van der Waals surface area contributed by atoms with Crippen molar-refractivity contribution in [3.63, 3.8) is 0 Å². The molecule has 1 aliphatic carbocycles. The molecule has 1 aromatic carbocycles. The molecule has 0 bridgehead atoms. The molecule has 0 spiro atoms. The molecule has 1 heterocycles. The van der Waals surface area contributed by atoms with E-state index in [0.717, 1.165) is 18.4 Å². The summed E-state index contributed by atoms with van der Waals surface area (Å²) in [4.78, 5) is 4.15. The van der Waals surface area contributed by atoms with Crippen molar-refractivity contribution in [1.82, 2.24) is 4.98 Å². The Hall–Kier alpha value is -1.61. The van der Waals surface area contributed by atoms with Gasteiger partial charge in [0.25, 0.3) is 0 Å². The Morgan fingerprint density at radius 1 is 1.06 bits per heavy atom. The predicted octanol–water partition coefficient (Wildman–Crippen LogP) is 3.46. The van der Waals surface area contributed by atoms with Crippen molar-refractivity contribution in [2.75, 3.05) is 0 Å². The average molecular weight is 242 g/mol. The van der Waals surface area contributed by atoms with Crippen molar-refractivity contribution < 1.29 is 4.42 Å². The van der Waals surface area contributed by atoms with Gasteiger partial charge in [0.1, 0.15) is 6.26 Å². The lowest BCUT2D eigenvalue weighted by atomic mass is 9.77. The highest BCUT2D eigenvalue weighted by Gasteiger charge is 2.29. The molecule has 3 nitrogen and oxygen atoms in total. The first-order valence-electron chi connectivity index (χ1n) is 6.57. The molecule has 1 aliphatic rings. The van der Waals surface area contributed by atoms with E-state index in [1.54, 1.807) is 12.5 Å². The van der Waals surface area contributed by atoms with Gasteiger partial charge >= 0.3 is 0 Å². The Morgan fingerprint density at radius 3 is 2.39 bits per heavy atom. The molecular formula is C15H18N2O. The SMILES string of the molecule is NC1(c2ccc(-c3ncco3)cc2)CCCCC1. The van der Waals surface area contributed by atoms with Gasteiger partial charge in [0.15, 0.2) is 0 Å². The predicted molar refractivity (Wildman–Crippen MR) is 70.9 cm³/mol. The Balaban J connectivity index is 1.86. The van der Waals surface area contributed by atoms with Crippen LogP contribution in [0.3, 0.4) is 0 Å². The summed E-state index contributed by atoms with van der Waals surface area (Å²) in [6.45, 7) is 0. The van der Waals surface area contributed by atoms with Gasteiger partial charge in [-0.1, -0.05) is 31.4 Å². The van der Waals surface area contributed by atoms with Crippen LogP contribution in [-0.4, -0.2) is 4.98 Å². The smallest absolute Gasteiger partial charge is 0.225 e. The molecule has 0 saturated heterocycles. The molecule has 0 aliphatic heterocycles. The van der Waals surface area contributed by atoms with Crippen LogP contribution in [0.25, 0.3) is 11.5 Å². The highest BCUT2D eigenvalue weighted by Crippen LogP contribution is 2.35. The van der Waals surface area contributed by atoms with Crippen molar-refractivity contribution in [1.29, 1.82) is 0 Å². The number of hydrogen-bond acceptors (Lipinski definition) is 3. The molecule has 2 N–H and O–H groups in total. The summed E-state index contributed by atoms with van der Waals surface area (Å²) in [5.41, 5.74) is 8.62. The fourth-order valence-corrected chi connectivity index (χ4v) is 2.78. The largest absolute Gasteiger partial charge is 0.445 e. The summed E-state index contributed by atoms with van der Waals surface area (Å²) in [7, 11) is 0. The number of aromatic nitrogens is 1. The third-order valence-electron chi connectivity index (χ3n) is 3.88. The first-order valence-corrected chi connectivity index (χ1v) is 6.57. The van der Waals surface area contributed by atoms with E-state index in [4.69, 9.17) is 10.2 Å². The zero-order chi connectivity index (χ0) is 12.4. The Bertz CT molecular complexity index is 496. The number of nitrogens with two attached hydrogens (primary N) is 1. The first-order chi connectivity index (χ1) is 8.78. The molecule has 94 valence electrons. The van der Waals surface area contributed by atoms with Crippen molar-refractivity contribution in [3.05, 3.63) is 42.3 Å². The third kappa shape index (κ3) is 2.06. The number of nitrogens with zero attached hydrogens (tertiary/aromatic N) is 1. The normalized spacial score (nSPS) is 18.7. The van der Waals surface area contributed by atoms with Gasteiger partial charge < -0.3 is 10.2 Å². The Kier molecular flexibility index (Phi) is 2.92. The van der Waals surface area contributed by atoms with E-state index in [0.29, 0.717) is 5.89 Å². The molecule has 1 fully saturated rings. The van der Waals surface area contributed by atoms with Crippen LogP contribution in [0.1, 0.15) is 37.7 Å². The number of rotatable bonds is 2. The summed E-state index contributed by atoms with van der Waals surface area (Å²) < 4.78 is 5.29. The van der Waals surface area contributed by atoms with E-state index in [1.807, 2.05) is 12.1 Å². The van der Waals surface area contributed by atoms with Crippen LogP contribution < -0.4 is 5.73 Å². The molecule has 3 heteroatoms. The first kappa shape index (κ1) is 11.5. The third-order valence-corrected chi connectivity index (χ3v) is 3.88. The van der Waals surface area contributed by atoms with Crippen LogP contribution >= 0.6 is 0 Å². The van der Waals surface area contributed by atoms with Crippen LogP contribution in [-0.2, 0) is 5.54 Å². The second-order valence-corrected chi connectivity index (χ2v) is 5.13. The maximum atomic E-state index is 6.51. The summed E-state index contributed by atoms with van der Waals surface area (Å²) in [6, 6.07) is 8.32. The molecular weight excluding hydrogens is 224 g/mol. The molecule has 1 saturated carbocycles. The van der Waals surface area contributed by atoms with Crippen LogP contribution in [0, 0.1) is 0 Å². The molecule has 1 aromatic heterocycles. The van der Waals surface area contributed by atoms with E-state index in [1.165, 1.54) is 24.8 Å². The van der Waals surface area contributed by atoms with Gasteiger partial charge in [-0.05, 0) is 30.5 Å². The van der Waals surface area contributed by atoms with Gasteiger partial charge in [-0.2, -0.15) is 0 Å². The topological polar surface area (TPSA) is 52.0 Å². The van der Waals surface area contributed by atoms with Gasteiger partial charge in [0.2, 0.25) is 5.89 Å². The minimum Gasteiger partial charge on any atom is -0.445 e. The monoisotopic (exact) mass is 242 g/mol. The number of benzene rings is 1. The fourth-order valence-electron chi connectivity index (χ4n) is 2.78. The van der Waals surface area contributed by atoms with Crippen molar-refractivity contribution in [2.24, 2.45) is 5.73 Å². The van der Waals surface area contributed by atoms with Gasteiger partial charge in [-0.25, -0.2) is 4.98 Å². The lowest BCUT2D eigenvalue weighted by molar-refractivity contribution is 0.302. The average Bonchev–Trinajstić information content (AvgIpc) is 2.94. The molecule has 3 rings (SSSR count). The van der Waals surface area contributed by atoms with E-state index in [9.17, 15) is 0 Å². The Labute approximate surface area is 107 Å². The summed E-state index contributed by atoms with van der Waals surface area (Å²) in [5, 5.41) is 0. The number of hydrogen-bond donors (Lipinski definition) is 1. The quantitative estimate of drug-likeness (QED) is 0.877. The van der Waals surface area contributed by atoms with Crippen molar-refractivity contribution in [3.8, 4) is 11.5 Å². The van der Waals surface area contributed by atoms with Gasteiger partial charge in [-0.15, -0.1) is 0 Å². The maximum absolute atomic E-state index is 6.51. The second-order valence-electron chi connectivity index (χ2n) is 5.13. The molecule has 2 aromatic rings. The van der Waals surface area contributed by atoms with E-state index in [-0.39, 0.29) is 5.54 Å². The van der Waals surface area contributed by atoms with Gasteiger partial charge in [-0.3, -0.25) is 0 Å². The van der Waals surface area contributed by atoms with Gasteiger partial charge in [0.05, 0.1) is 6.20 Å². The number of oxazole rings is 1. The second kappa shape index (κ2) is 4.58. The van der Waals surface area contributed by atoms with Crippen LogP contribution in [0.15, 0.2) is 41.1 Å². The van der Waals surface area contributed by atoms with Crippen LogP contribution in [0.4, 0.5) is 0 Å². The van der Waals surface area contributed by atoms with Gasteiger partial charge in [0, 0.05) is 11.1 Å². The van der Waals surface area contributed by atoms with E-state index in [2.05, 4.69) is 17.1 Å². The van der Waals surface area contributed by atoms with Crippen LogP contribution in [0.5, 0.6) is 0 Å². The molecule has 0 unspecified atom stereocenters.